The van der Waals surface area contributed by atoms with Crippen LogP contribution in [0.25, 0.3) is 0 Å². The zero-order valence-corrected chi connectivity index (χ0v) is 9.96. The lowest BCUT2D eigenvalue weighted by Crippen LogP contribution is -2.14. The third kappa shape index (κ3) is 1.50. The quantitative estimate of drug-likeness (QED) is 0.492. The molecule has 1 aromatic rings. The van der Waals surface area contributed by atoms with Crippen molar-refractivity contribution in [3.63, 3.8) is 0 Å². The van der Waals surface area contributed by atoms with Gasteiger partial charge in [-0.3, -0.25) is 0 Å². The lowest BCUT2D eigenvalue weighted by Gasteiger charge is -2.19. The third-order valence-corrected chi connectivity index (χ3v) is 3.67. The van der Waals surface area contributed by atoms with E-state index in [2.05, 4.69) is 15.9 Å². The van der Waals surface area contributed by atoms with Gasteiger partial charge < -0.3 is 0 Å². The second kappa shape index (κ2) is 3.24. The second-order valence-electron chi connectivity index (χ2n) is 4.50. The predicted octanol–water partition coefficient (Wildman–Crippen LogP) is 4.22. The van der Waals surface area contributed by atoms with Gasteiger partial charge in [0.25, 0.3) is 0 Å². The van der Waals surface area contributed by atoms with E-state index in [1.807, 2.05) is 13.8 Å². The third-order valence-electron chi connectivity index (χ3n) is 2.89. The maximum atomic E-state index is 13.6. The molecule has 0 aromatic heterocycles. The van der Waals surface area contributed by atoms with Crippen molar-refractivity contribution in [2.45, 2.75) is 30.5 Å². The summed E-state index contributed by atoms with van der Waals surface area (Å²) >= 11 is 3.26. The van der Waals surface area contributed by atoms with Crippen LogP contribution in [0, 0.1) is 17.5 Å². The first-order chi connectivity index (χ1) is 6.84. The van der Waals surface area contributed by atoms with Crippen LogP contribution in [0.15, 0.2) is 6.07 Å². The van der Waals surface area contributed by atoms with Gasteiger partial charge in [0.2, 0.25) is 0 Å². The van der Waals surface area contributed by atoms with Crippen molar-refractivity contribution in [3.05, 3.63) is 34.6 Å². The number of alkyl halides is 1. The van der Waals surface area contributed by atoms with Crippen molar-refractivity contribution in [2.75, 3.05) is 0 Å². The Morgan fingerprint density at radius 1 is 1.27 bits per heavy atom. The van der Waals surface area contributed by atoms with Crippen LogP contribution in [-0.2, 0) is 5.41 Å². The Labute approximate surface area is 94.6 Å². The average molecular weight is 279 g/mol. The molecule has 0 saturated heterocycles. The summed E-state index contributed by atoms with van der Waals surface area (Å²) in [5.41, 5.74) is -0.0250. The molecule has 0 nitrogen and oxygen atoms in total. The van der Waals surface area contributed by atoms with E-state index in [0.717, 1.165) is 0 Å². The molecule has 1 aliphatic rings. The Hall–Kier alpha value is -0.510. The van der Waals surface area contributed by atoms with E-state index in [0.29, 0.717) is 18.1 Å². The second-order valence-corrected chi connectivity index (χ2v) is 5.60. The minimum atomic E-state index is -1.12. The maximum Gasteiger partial charge on any atom is 0.163 e. The fourth-order valence-electron chi connectivity index (χ4n) is 2.25. The summed E-state index contributed by atoms with van der Waals surface area (Å²) in [6.45, 7) is 3.65. The molecule has 0 fully saturated rings. The van der Waals surface area contributed by atoms with Gasteiger partial charge in [0.1, 0.15) is 5.82 Å². The van der Waals surface area contributed by atoms with Crippen LogP contribution in [0.2, 0.25) is 0 Å². The Kier molecular flexibility index (Phi) is 2.37. The molecule has 0 spiro atoms. The van der Waals surface area contributed by atoms with E-state index >= 15 is 0 Å². The van der Waals surface area contributed by atoms with Crippen molar-refractivity contribution in [3.8, 4) is 0 Å². The van der Waals surface area contributed by atoms with E-state index < -0.39 is 22.9 Å². The van der Waals surface area contributed by atoms with Gasteiger partial charge in [-0.05, 0) is 11.8 Å². The zero-order valence-electron chi connectivity index (χ0n) is 8.37. The summed E-state index contributed by atoms with van der Waals surface area (Å²) in [6, 6.07) is 0.626. The van der Waals surface area contributed by atoms with Crippen LogP contribution in [0.5, 0.6) is 0 Å². The van der Waals surface area contributed by atoms with E-state index in [4.69, 9.17) is 0 Å². The number of benzene rings is 1. The number of halogens is 4. The monoisotopic (exact) mass is 278 g/mol. The molecule has 0 amide bonds. The lowest BCUT2D eigenvalue weighted by atomic mass is 9.86. The molecule has 0 heterocycles. The maximum absolute atomic E-state index is 13.6. The molecule has 4 heteroatoms. The van der Waals surface area contributed by atoms with Crippen molar-refractivity contribution in [1.82, 2.24) is 0 Å². The van der Waals surface area contributed by atoms with Gasteiger partial charge in [-0.15, -0.1) is 0 Å². The molecular weight excluding hydrogens is 269 g/mol. The highest BCUT2D eigenvalue weighted by molar-refractivity contribution is 9.09. The number of hydrogen-bond acceptors (Lipinski definition) is 0. The molecular formula is C11H10BrF3. The summed E-state index contributed by atoms with van der Waals surface area (Å²) in [7, 11) is 0. The Bertz CT molecular complexity index is 426. The number of fused-ring (bicyclic) bond motifs is 1. The molecule has 1 aliphatic carbocycles. The average Bonchev–Trinajstić information content (AvgIpc) is 2.32. The molecule has 1 unspecified atom stereocenters. The van der Waals surface area contributed by atoms with Crippen molar-refractivity contribution in [2.24, 2.45) is 0 Å². The minimum Gasteiger partial charge on any atom is -0.207 e. The van der Waals surface area contributed by atoms with E-state index in [-0.39, 0.29) is 10.4 Å². The number of rotatable bonds is 0. The highest BCUT2D eigenvalue weighted by Crippen LogP contribution is 2.50. The molecule has 15 heavy (non-hydrogen) atoms. The molecule has 1 atom stereocenters. The van der Waals surface area contributed by atoms with Gasteiger partial charge in [-0.1, -0.05) is 29.8 Å². The number of hydrogen-bond donors (Lipinski definition) is 0. The molecule has 0 N–H and O–H groups in total. The highest BCUT2D eigenvalue weighted by atomic mass is 79.9. The molecule has 2 rings (SSSR count). The standard InChI is InChI=1S/C11H10BrF3/c1-11(2)4-5(12)8-9(11)6(13)3-7(14)10(8)15/h3,5H,4H2,1-2H3. The normalized spacial score (nSPS) is 22.9. The first kappa shape index (κ1) is 11.0. The SMILES string of the molecule is CC1(C)CC(Br)c2c(F)c(F)cc(F)c21. The molecule has 0 aliphatic heterocycles. The smallest absolute Gasteiger partial charge is 0.163 e. The first-order valence-corrected chi connectivity index (χ1v) is 5.58. The van der Waals surface area contributed by atoms with Crippen LogP contribution in [0.3, 0.4) is 0 Å². The summed E-state index contributed by atoms with van der Waals surface area (Å²) < 4.78 is 40.1. The van der Waals surface area contributed by atoms with E-state index in [1.54, 1.807) is 0 Å². The van der Waals surface area contributed by atoms with E-state index in [1.165, 1.54) is 0 Å². The van der Waals surface area contributed by atoms with Crippen LogP contribution >= 0.6 is 15.9 Å². The van der Waals surface area contributed by atoms with Gasteiger partial charge in [0.05, 0.1) is 0 Å². The fourth-order valence-corrected chi connectivity index (χ4v) is 3.49. The Balaban J connectivity index is 2.78. The predicted molar refractivity (Wildman–Crippen MR) is 55.6 cm³/mol. The van der Waals surface area contributed by atoms with Crippen LogP contribution in [0.1, 0.15) is 36.2 Å². The van der Waals surface area contributed by atoms with Crippen LogP contribution in [-0.4, -0.2) is 0 Å². The molecule has 1 aromatic carbocycles. The van der Waals surface area contributed by atoms with Crippen molar-refractivity contribution in [1.29, 1.82) is 0 Å². The van der Waals surface area contributed by atoms with Crippen LogP contribution in [0.4, 0.5) is 13.2 Å². The Morgan fingerprint density at radius 2 is 1.87 bits per heavy atom. The molecule has 0 radical (unpaired) electrons. The highest BCUT2D eigenvalue weighted by Gasteiger charge is 2.41. The summed E-state index contributed by atoms with van der Waals surface area (Å²) in [4.78, 5) is -0.312. The molecule has 82 valence electrons. The first-order valence-electron chi connectivity index (χ1n) is 4.66. The van der Waals surface area contributed by atoms with Gasteiger partial charge in [-0.25, -0.2) is 13.2 Å². The minimum absolute atomic E-state index is 0.137. The fraction of sp³-hybridized carbons (Fsp3) is 0.455. The van der Waals surface area contributed by atoms with E-state index in [9.17, 15) is 13.2 Å². The van der Waals surface area contributed by atoms with Crippen molar-refractivity contribution < 1.29 is 13.2 Å². The van der Waals surface area contributed by atoms with Gasteiger partial charge in [-0.2, -0.15) is 0 Å². The zero-order chi connectivity index (χ0) is 11.4. The Morgan fingerprint density at radius 3 is 2.47 bits per heavy atom. The summed E-state index contributed by atoms with van der Waals surface area (Å²) in [5.74, 6) is -2.71. The van der Waals surface area contributed by atoms with Gasteiger partial charge in [0.15, 0.2) is 11.6 Å². The molecule has 0 bridgehead atoms. The van der Waals surface area contributed by atoms with Crippen molar-refractivity contribution >= 4 is 15.9 Å². The molecule has 0 saturated carbocycles. The van der Waals surface area contributed by atoms with Gasteiger partial charge in [0, 0.05) is 22.0 Å². The van der Waals surface area contributed by atoms with Crippen LogP contribution < -0.4 is 0 Å². The summed E-state index contributed by atoms with van der Waals surface area (Å²) in [6.07, 6.45) is 0.569. The summed E-state index contributed by atoms with van der Waals surface area (Å²) in [5, 5.41) is 0. The lowest BCUT2D eigenvalue weighted by molar-refractivity contribution is 0.469. The largest absolute Gasteiger partial charge is 0.207 e. The topological polar surface area (TPSA) is 0 Å². The van der Waals surface area contributed by atoms with Gasteiger partial charge >= 0.3 is 0 Å².